The van der Waals surface area contributed by atoms with Crippen molar-refractivity contribution in [3.05, 3.63) is 47.9 Å². The Morgan fingerprint density at radius 2 is 1.61 bits per heavy atom. The van der Waals surface area contributed by atoms with Gasteiger partial charge in [0.15, 0.2) is 6.61 Å². The third-order valence-electron chi connectivity index (χ3n) is 2.76. The summed E-state index contributed by atoms with van der Waals surface area (Å²) >= 11 is 0. The Labute approximate surface area is 132 Å². The standard InChI is InChI=1S/C16H16N2O5/c1-10-3-8-14(23-10)16(21)22-9-15(20)18-13-6-4-12(5-7-13)17-11(2)19/h3-8H,9H2,1-2H3,(H,17,19)(H,18,20). The molecule has 23 heavy (non-hydrogen) atoms. The third kappa shape index (κ3) is 4.99. The number of nitrogens with one attached hydrogen (secondary N) is 2. The first-order chi connectivity index (χ1) is 10.9. The van der Waals surface area contributed by atoms with Gasteiger partial charge in [0.25, 0.3) is 5.91 Å². The van der Waals surface area contributed by atoms with Gasteiger partial charge in [-0.15, -0.1) is 0 Å². The van der Waals surface area contributed by atoms with Gasteiger partial charge in [-0.05, 0) is 43.3 Å². The van der Waals surface area contributed by atoms with E-state index in [9.17, 15) is 14.4 Å². The van der Waals surface area contributed by atoms with Crippen LogP contribution in [0, 0.1) is 6.92 Å². The van der Waals surface area contributed by atoms with Crippen LogP contribution >= 0.6 is 0 Å². The Balaban J connectivity index is 1.82. The summed E-state index contributed by atoms with van der Waals surface area (Å²) in [5.74, 6) is -0.722. The van der Waals surface area contributed by atoms with E-state index in [-0.39, 0.29) is 11.7 Å². The fraction of sp³-hybridized carbons (Fsp3) is 0.188. The van der Waals surface area contributed by atoms with Gasteiger partial charge in [-0.1, -0.05) is 0 Å². The number of esters is 1. The highest BCUT2D eigenvalue weighted by molar-refractivity contribution is 5.95. The molecule has 0 atom stereocenters. The normalized spacial score (nSPS) is 10.0. The van der Waals surface area contributed by atoms with Gasteiger partial charge < -0.3 is 19.8 Å². The molecule has 2 amide bonds. The monoisotopic (exact) mass is 316 g/mol. The molecular weight excluding hydrogens is 300 g/mol. The highest BCUT2D eigenvalue weighted by atomic mass is 16.5. The minimum Gasteiger partial charge on any atom is -0.454 e. The Bertz CT molecular complexity index is 718. The number of anilines is 2. The summed E-state index contributed by atoms with van der Waals surface area (Å²) in [4.78, 5) is 34.3. The van der Waals surface area contributed by atoms with Gasteiger partial charge in [0.05, 0.1) is 0 Å². The molecule has 1 heterocycles. The second-order valence-electron chi connectivity index (χ2n) is 4.79. The summed E-state index contributed by atoms with van der Waals surface area (Å²) in [5, 5.41) is 5.19. The maximum atomic E-state index is 11.7. The SMILES string of the molecule is CC(=O)Nc1ccc(NC(=O)COC(=O)c2ccc(C)o2)cc1. The van der Waals surface area contributed by atoms with E-state index < -0.39 is 18.5 Å². The fourth-order valence-electron chi connectivity index (χ4n) is 1.78. The van der Waals surface area contributed by atoms with Crippen molar-refractivity contribution in [2.75, 3.05) is 17.2 Å². The highest BCUT2D eigenvalue weighted by Gasteiger charge is 2.13. The molecule has 0 radical (unpaired) electrons. The smallest absolute Gasteiger partial charge is 0.374 e. The minimum atomic E-state index is -0.700. The molecule has 2 rings (SSSR count). The van der Waals surface area contributed by atoms with Crippen molar-refractivity contribution in [3.8, 4) is 0 Å². The molecule has 0 bridgehead atoms. The largest absolute Gasteiger partial charge is 0.454 e. The Hall–Kier alpha value is -3.09. The van der Waals surface area contributed by atoms with Crippen LogP contribution in [0.25, 0.3) is 0 Å². The molecule has 1 aromatic heterocycles. The second-order valence-corrected chi connectivity index (χ2v) is 4.79. The van der Waals surface area contributed by atoms with Crippen LogP contribution in [0.5, 0.6) is 0 Å². The number of aryl methyl sites for hydroxylation is 1. The van der Waals surface area contributed by atoms with Crippen molar-refractivity contribution in [1.29, 1.82) is 0 Å². The number of benzene rings is 1. The van der Waals surface area contributed by atoms with Gasteiger partial charge in [-0.3, -0.25) is 9.59 Å². The first kappa shape index (κ1) is 16.3. The second kappa shape index (κ2) is 7.26. The van der Waals surface area contributed by atoms with Crippen LogP contribution in [0.15, 0.2) is 40.8 Å². The lowest BCUT2D eigenvalue weighted by Gasteiger charge is -2.07. The molecule has 2 N–H and O–H groups in total. The molecule has 7 heteroatoms. The molecule has 2 aromatic rings. The predicted molar refractivity (Wildman–Crippen MR) is 83.1 cm³/mol. The van der Waals surface area contributed by atoms with E-state index in [0.29, 0.717) is 17.1 Å². The van der Waals surface area contributed by atoms with Crippen LogP contribution in [0.4, 0.5) is 11.4 Å². The topological polar surface area (TPSA) is 97.6 Å². The Morgan fingerprint density at radius 3 is 2.13 bits per heavy atom. The molecule has 0 unspecified atom stereocenters. The third-order valence-corrected chi connectivity index (χ3v) is 2.76. The molecule has 120 valence electrons. The molecule has 1 aromatic carbocycles. The van der Waals surface area contributed by atoms with Crippen LogP contribution in [0.3, 0.4) is 0 Å². The van der Waals surface area contributed by atoms with E-state index in [2.05, 4.69) is 10.6 Å². The Kier molecular flexibility index (Phi) is 5.14. The zero-order chi connectivity index (χ0) is 16.8. The lowest BCUT2D eigenvalue weighted by Crippen LogP contribution is -2.20. The average molecular weight is 316 g/mol. The maximum absolute atomic E-state index is 11.7. The van der Waals surface area contributed by atoms with Crippen molar-refractivity contribution < 1.29 is 23.5 Å². The summed E-state index contributed by atoms with van der Waals surface area (Å²) in [7, 11) is 0. The average Bonchev–Trinajstić information content (AvgIpc) is 2.93. The summed E-state index contributed by atoms with van der Waals surface area (Å²) in [6.07, 6.45) is 0. The van der Waals surface area contributed by atoms with Gasteiger partial charge >= 0.3 is 5.97 Å². The quantitative estimate of drug-likeness (QED) is 0.825. The van der Waals surface area contributed by atoms with Crippen LogP contribution < -0.4 is 10.6 Å². The summed E-state index contributed by atoms with van der Waals surface area (Å²) < 4.78 is 9.95. The number of amides is 2. The highest BCUT2D eigenvalue weighted by Crippen LogP contribution is 2.13. The van der Waals surface area contributed by atoms with Gasteiger partial charge in [0.1, 0.15) is 5.76 Å². The molecular formula is C16H16N2O5. The van der Waals surface area contributed by atoms with E-state index in [4.69, 9.17) is 9.15 Å². The molecule has 0 fully saturated rings. The molecule has 7 nitrogen and oxygen atoms in total. The number of ether oxygens (including phenoxy) is 1. The van der Waals surface area contributed by atoms with E-state index in [1.165, 1.54) is 13.0 Å². The number of carbonyl (C=O) groups excluding carboxylic acids is 3. The Morgan fingerprint density at radius 1 is 1.00 bits per heavy atom. The number of rotatable bonds is 5. The lowest BCUT2D eigenvalue weighted by molar-refractivity contribution is -0.119. The van der Waals surface area contributed by atoms with Crippen molar-refractivity contribution in [2.24, 2.45) is 0 Å². The van der Waals surface area contributed by atoms with E-state index >= 15 is 0 Å². The zero-order valence-electron chi connectivity index (χ0n) is 12.7. The number of carbonyl (C=O) groups is 3. The van der Waals surface area contributed by atoms with Crippen LogP contribution in [-0.4, -0.2) is 24.4 Å². The van der Waals surface area contributed by atoms with Gasteiger partial charge in [-0.2, -0.15) is 0 Å². The summed E-state index contributed by atoms with van der Waals surface area (Å²) in [6.45, 7) is 2.69. The summed E-state index contributed by atoms with van der Waals surface area (Å²) in [5.41, 5.74) is 1.14. The van der Waals surface area contributed by atoms with Crippen molar-refractivity contribution in [2.45, 2.75) is 13.8 Å². The molecule has 0 aliphatic carbocycles. The molecule has 0 saturated heterocycles. The number of hydrogen-bond donors (Lipinski definition) is 2. The van der Waals surface area contributed by atoms with Gasteiger partial charge in [0, 0.05) is 18.3 Å². The van der Waals surface area contributed by atoms with Crippen molar-refractivity contribution in [1.82, 2.24) is 0 Å². The van der Waals surface area contributed by atoms with E-state index in [1.54, 1.807) is 37.3 Å². The van der Waals surface area contributed by atoms with Gasteiger partial charge in [-0.25, -0.2) is 4.79 Å². The lowest BCUT2D eigenvalue weighted by atomic mass is 10.2. The first-order valence-electron chi connectivity index (χ1n) is 6.85. The van der Waals surface area contributed by atoms with E-state index in [0.717, 1.165) is 0 Å². The van der Waals surface area contributed by atoms with Crippen LogP contribution in [0.2, 0.25) is 0 Å². The zero-order valence-corrected chi connectivity index (χ0v) is 12.7. The molecule has 0 aliphatic rings. The molecule has 0 spiro atoms. The van der Waals surface area contributed by atoms with Crippen molar-refractivity contribution >= 4 is 29.2 Å². The van der Waals surface area contributed by atoms with Crippen molar-refractivity contribution in [3.63, 3.8) is 0 Å². The minimum absolute atomic E-state index is 0.0509. The number of furan rings is 1. The molecule has 0 aliphatic heterocycles. The van der Waals surface area contributed by atoms with Crippen LogP contribution in [-0.2, 0) is 14.3 Å². The number of hydrogen-bond acceptors (Lipinski definition) is 5. The van der Waals surface area contributed by atoms with Gasteiger partial charge in [0.2, 0.25) is 11.7 Å². The predicted octanol–water partition coefficient (Wildman–Crippen LogP) is 2.34. The van der Waals surface area contributed by atoms with E-state index in [1.807, 2.05) is 0 Å². The first-order valence-corrected chi connectivity index (χ1v) is 6.85. The summed E-state index contributed by atoms with van der Waals surface area (Å²) in [6, 6.07) is 9.66. The maximum Gasteiger partial charge on any atom is 0.374 e. The fourth-order valence-corrected chi connectivity index (χ4v) is 1.78. The van der Waals surface area contributed by atoms with Crippen LogP contribution in [0.1, 0.15) is 23.2 Å². The molecule has 0 saturated carbocycles.